The number of aromatic nitrogens is 1. The van der Waals surface area contributed by atoms with Crippen LogP contribution >= 0.6 is 0 Å². The Hall–Kier alpha value is -3.28. The highest BCUT2D eigenvalue weighted by atomic mass is 16.5. The van der Waals surface area contributed by atoms with Gasteiger partial charge in [-0.25, -0.2) is 4.98 Å². The lowest BCUT2D eigenvalue weighted by Crippen LogP contribution is -2.22. The summed E-state index contributed by atoms with van der Waals surface area (Å²) in [5.41, 5.74) is 1.74. The molecule has 0 saturated carbocycles. The van der Waals surface area contributed by atoms with Crippen molar-refractivity contribution in [2.75, 3.05) is 20.3 Å². The maximum absolute atomic E-state index is 11.8. The van der Waals surface area contributed by atoms with Crippen LogP contribution in [0.3, 0.4) is 0 Å². The van der Waals surface area contributed by atoms with Crippen LogP contribution in [-0.2, 0) is 0 Å². The highest BCUT2D eigenvalue weighted by Gasteiger charge is 2.14. The number of methoxy groups -OCH3 is 1. The number of fused-ring (bicyclic) bond motifs is 1. The van der Waals surface area contributed by atoms with E-state index in [1.165, 1.54) is 13.2 Å². The number of pyridine rings is 1. The number of carboxylic acids is 1. The smallest absolute Gasteiger partial charge is 0.161 e. The number of aromatic carboxylic acids is 1. The molecule has 0 aliphatic rings. The van der Waals surface area contributed by atoms with Crippen LogP contribution in [0.1, 0.15) is 43.5 Å². The molecule has 6 heteroatoms. The summed E-state index contributed by atoms with van der Waals surface area (Å²) in [5.74, 6) is 0.495. The lowest BCUT2D eigenvalue weighted by Gasteiger charge is -2.15. The first-order chi connectivity index (χ1) is 14.6. The minimum absolute atomic E-state index is 0.0618. The summed E-state index contributed by atoms with van der Waals surface area (Å²) in [7, 11) is 1.53. The fourth-order valence-electron chi connectivity index (χ4n) is 3.29. The van der Waals surface area contributed by atoms with E-state index in [0.29, 0.717) is 47.1 Å². The molecule has 0 spiro atoms. The van der Waals surface area contributed by atoms with E-state index < -0.39 is 5.97 Å². The second-order valence-electron chi connectivity index (χ2n) is 6.85. The third kappa shape index (κ3) is 4.64. The Bertz CT molecular complexity index is 1030. The van der Waals surface area contributed by atoms with Crippen LogP contribution < -0.4 is 19.3 Å². The Morgan fingerprint density at radius 1 is 1.00 bits per heavy atom. The number of para-hydroxylation sites is 1. The van der Waals surface area contributed by atoms with E-state index >= 15 is 0 Å². The zero-order chi connectivity index (χ0) is 21.5. The van der Waals surface area contributed by atoms with Gasteiger partial charge in [-0.1, -0.05) is 31.9 Å². The van der Waals surface area contributed by atoms with Crippen molar-refractivity contribution in [1.29, 1.82) is 0 Å². The van der Waals surface area contributed by atoms with Gasteiger partial charge in [-0.15, -0.1) is 0 Å². The first kappa shape index (κ1) is 21.4. The molecule has 2 aromatic carbocycles. The highest BCUT2D eigenvalue weighted by molar-refractivity contribution is 6.04. The van der Waals surface area contributed by atoms with Crippen LogP contribution in [0, 0.1) is 0 Å². The number of ether oxygens (including phenoxy) is 3. The second kappa shape index (κ2) is 9.96. The van der Waals surface area contributed by atoms with Crippen molar-refractivity contribution in [1.82, 2.24) is 4.98 Å². The van der Waals surface area contributed by atoms with E-state index in [2.05, 4.69) is 11.9 Å². The van der Waals surface area contributed by atoms with Gasteiger partial charge in [0.2, 0.25) is 0 Å². The van der Waals surface area contributed by atoms with Crippen molar-refractivity contribution in [3.05, 3.63) is 48.0 Å². The van der Waals surface area contributed by atoms with Gasteiger partial charge in [0.15, 0.2) is 11.5 Å². The number of hydrogen-bond donors (Lipinski definition) is 0. The largest absolute Gasteiger partial charge is 0.545 e. The molecule has 0 saturated heterocycles. The average molecular weight is 408 g/mol. The summed E-state index contributed by atoms with van der Waals surface area (Å²) in [5, 5.41) is 12.2. The number of carbonyl (C=O) groups is 1. The summed E-state index contributed by atoms with van der Waals surface area (Å²) in [6, 6.07) is 12.2. The lowest BCUT2D eigenvalue weighted by molar-refractivity contribution is -0.254. The van der Waals surface area contributed by atoms with Crippen molar-refractivity contribution in [2.24, 2.45) is 0 Å². The Balaban J connectivity index is 2.05. The molecule has 0 aliphatic heterocycles. The van der Waals surface area contributed by atoms with Crippen LogP contribution in [0.25, 0.3) is 22.2 Å². The molecule has 0 bridgehead atoms. The van der Waals surface area contributed by atoms with Crippen LogP contribution in [0.4, 0.5) is 0 Å². The molecule has 158 valence electrons. The number of unbranched alkanes of at least 4 members (excludes halogenated alkanes) is 2. The van der Waals surface area contributed by atoms with Crippen molar-refractivity contribution < 1.29 is 24.1 Å². The van der Waals surface area contributed by atoms with Gasteiger partial charge in [-0.05, 0) is 43.7 Å². The number of carboxylic acid groups (broad SMARTS) is 1. The van der Waals surface area contributed by atoms with Crippen molar-refractivity contribution in [3.8, 4) is 28.5 Å². The molecule has 1 aromatic heterocycles. The topological polar surface area (TPSA) is 80.7 Å². The minimum Gasteiger partial charge on any atom is -0.545 e. The number of nitrogens with zero attached hydrogens (tertiary/aromatic N) is 1. The molecule has 0 aliphatic carbocycles. The molecule has 0 unspecified atom stereocenters. The predicted molar refractivity (Wildman–Crippen MR) is 114 cm³/mol. The molecular formula is C24H26NO5-. The molecule has 0 fully saturated rings. The Kier molecular flexibility index (Phi) is 7.12. The lowest BCUT2D eigenvalue weighted by atomic mass is 10.0. The fraction of sp³-hybridized carbons (Fsp3) is 0.333. The van der Waals surface area contributed by atoms with Gasteiger partial charge in [-0.3, -0.25) is 0 Å². The van der Waals surface area contributed by atoms with Gasteiger partial charge in [0.25, 0.3) is 0 Å². The second-order valence-corrected chi connectivity index (χ2v) is 6.85. The van der Waals surface area contributed by atoms with Crippen molar-refractivity contribution >= 4 is 16.9 Å². The van der Waals surface area contributed by atoms with E-state index in [-0.39, 0.29) is 5.56 Å². The van der Waals surface area contributed by atoms with E-state index in [1.54, 1.807) is 18.2 Å². The van der Waals surface area contributed by atoms with Gasteiger partial charge >= 0.3 is 0 Å². The Morgan fingerprint density at radius 2 is 1.83 bits per heavy atom. The number of benzene rings is 2. The Morgan fingerprint density at radius 3 is 2.53 bits per heavy atom. The average Bonchev–Trinajstić information content (AvgIpc) is 2.76. The standard InChI is InChI=1S/C24H27NO5/c1-4-6-7-13-30-20-12-11-16(14-22(20)29-5-2)19-15-18(24(26)27)17-9-8-10-21(28-3)23(17)25-19/h8-12,14-15H,4-7,13H2,1-3H3,(H,26,27)/p-1. The van der Waals surface area contributed by atoms with Gasteiger partial charge in [0.05, 0.1) is 32.0 Å². The third-order valence-electron chi connectivity index (χ3n) is 4.79. The number of hydrogen-bond acceptors (Lipinski definition) is 6. The summed E-state index contributed by atoms with van der Waals surface area (Å²) in [4.78, 5) is 16.4. The van der Waals surface area contributed by atoms with Crippen molar-refractivity contribution in [2.45, 2.75) is 33.1 Å². The van der Waals surface area contributed by atoms with Gasteiger partial charge in [0.1, 0.15) is 11.3 Å². The summed E-state index contributed by atoms with van der Waals surface area (Å²) in [6.45, 7) is 5.15. The SMILES string of the molecule is CCCCCOc1ccc(-c2cc(C(=O)[O-])c3cccc(OC)c3n2)cc1OCC. The number of carbonyl (C=O) groups excluding carboxylic acids is 1. The molecule has 3 aromatic rings. The summed E-state index contributed by atoms with van der Waals surface area (Å²) < 4.78 is 17.0. The first-order valence-corrected chi connectivity index (χ1v) is 10.2. The van der Waals surface area contributed by atoms with Gasteiger partial charge in [0, 0.05) is 16.5 Å². The first-order valence-electron chi connectivity index (χ1n) is 10.2. The van der Waals surface area contributed by atoms with E-state index in [0.717, 1.165) is 24.8 Å². The maximum Gasteiger partial charge on any atom is 0.161 e. The Labute approximate surface area is 176 Å². The molecule has 0 N–H and O–H groups in total. The predicted octanol–water partition coefficient (Wildman–Crippen LogP) is 4.24. The zero-order valence-electron chi connectivity index (χ0n) is 17.6. The molecule has 0 atom stereocenters. The molecule has 3 rings (SSSR count). The van der Waals surface area contributed by atoms with Crippen molar-refractivity contribution in [3.63, 3.8) is 0 Å². The summed E-state index contributed by atoms with van der Waals surface area (Å²) in [6.07, 6.45) is 3.21. The molecule has 0 amide bonds. The van der Waals surface area contributed by atoms with Crippen LogP contribution in [-0.4, -0.2) is 31.3 Å². The molecule has 1 heterocycles. The van der Waals surface area contributed by atoms with Crippen LogP contribution in [0.2, 0.25) is 0 Å². The monoisotopic (exact) mass is 408 g/mol. The van der Waals surface area contributed by atoms with Gasteiger partial charge in [-0.2, -0.15) is 0 Å². The molecule has 30 heavy (non-hydrogen) atoms. The van der Waals surface area contributed by atoms with E-state index in [4.69, 9.17) is 14.2 Å². The number of rotatable bonds is 10. The minimum atomic E-state index is -1.27. The third-order valence-corrected chi connectivity index (χ3v) is 4.79. The molecule has 6 nitrogen and oxygen atoms in total. The zero-order valence-corrected chi connectivity index (χ0v) is 17.6. The fourth-order valence-corrected chi connectivity index (χ4v) is 3.29. The normalized spacial score (nSPS) is 10.8. The molecular weight excluding hydrogens is 382 g/mol. The van der Waals surface area contributed by atoms with E-state index in [9.17, 15) is 9.90 Å². The maximum atomic E-state index is 11.8. The van der Waals surface area contributed by atoms with Crippen LogP contribution in [0.5, 0.6) is 17.2 Å². The quantitative estimate of drug-likeness (QED) is 0.467. The molecule has 0 radical (unpaired) electrons. The van der Waals surface area contributed by atoms with Crippen LogP contribution in [0.15, 0.2) is 42.5 Å². The van der Waals surface area contributed by atoms with E-state index in [1.807, 2.05) is 25.1 Å². The van der Waals surface area contributed by atoms with Gasteiger partial charge < -0.3 is 24.1 Å². The highest BCUT2D eigenvalue weighted by Crippen LogP contribution is 2.35. The summed E-state index contributed by atoms with van der Waals surface area (Å²) >= 11 is 0.